The van der Waals surface area contributed by atoms with Crippen LogP contribution in [0.4, 0.5) is 5.82 Å². The molecule has 0 bridgehead atoms. The molecule has 30 heavy (non-hydrogen) atoms. The average molecular weight is 419 g/mol. The number of carbonyl (C=O) groups excluding carboxylic acids is 1. The molecular weight excluding hydrogens is 396 g/mol. The highest BCUT2D eigenvalue weighted by molar-refractivity contribution is 7.07. The summed E-state index contributed by atoms with van der Waals surface area (Å²) in [6, 6.07) is 20.2. The molecule has 0 saturated heterocycles. The lowest BCUT2D eigenvalue weighted by atomic mass is 10.1. The van der Waals surface area contributed by atoms with Crippen molar-refractivity contribution in [3.63, 3.8) is 0 Å². The van der Waals surface area contributed by atoms with E-state index in [2.05, 4.69) is 27.1 Å². The van der Waals surface area contributed by atoms with Crippen molar-refractivity contribution in [1.82, 2.24) is 14.1 Å². The summed E-state index contributed by atoms with van der Waals surface area (Å²) >= 11 is 1.51. The fourth-order valence-corrected chi connectivity index (χ4v) is 4.12. The highest BCUT2D eigenvalue weighted by Gasteiger charge is 2.20. The van der Waals surface area contributed by atoms with Crippen molar-refractivity contribution < 1.29 is 9.53 Å². The summed E-state index contributed by atoms with van der Waals surface area (Å²) in [5.41, 5.74) is 3.47. The maximum absolute atomic E-state index is 12.5. The number of aromatic nitrogens is 3. The Morgan fingerprint density at radius 2 is 1.77 bits per heavy atom. The predicted molar refractivity (Wildman–Crippen MR) is 118 cm³/mol. The number of imidazole rings is 1. The standard InChI is InChI=1S/C23H22N4O2S/c1-3-26-16-24-21(20(26)22(28)29-4-2)25-23-27(18-13-9-6-10-14-18)19(15-30-23)17-11-7-5-8-12-17/h5-16H,3-4H2,1-2H3. The van der Waals surface area contributed by atoms with Gasteiger partial charge in [0, 0.05) is 17.6 Å². The molecule has 2 heterocycles. The van der Waals surface area contributed by atoms with Crippen LogP contribution < -0.4 is 4.80 Å². The first kappa shape index (κ1) is 19.8. The maximum atomic E-state index is 12.5. The molecule has 2 aromatic heterocycles. The van der Waals surface area contributed by atoms with Crippen LogP contribution in [0.25, 0.3) is 16.9 Å². The lowest BCUT2D eigenvalue weighted by Crippen LogP contribution is -2.15. The van der Waals surface area contributed by atoms with E-state index in [-0.39, 0.29) is 0 Å². The van der Waals surface area contributed by atoms with Gasteiger partial charge in [0.15, 0.2) is 16.3 Å². The highest BCUT2D eigenvalue weighted by atomic mass is 32.1. The second kappa shape index (κ2) is 8.92. The Kier molecular flexibility index (Phi) is 5.90. The number of carbonyl (C=O) groups is 1. The molecule has 0 aliphatic carbocycles. The quantitative estimate of drug-likeness (QED) is 0.421. The summed E-state index contributed by atoms with van der Waals surface area (Å²) in [4.78, 5) is 22.4. The molecule has 0 amide bonds. The molecule has 4 rings (SSSR count). The highest BCUT2D eigenvalue weighted by Crippen LogP contribution is 2.24. The lowest BCUT2D eigenvalue weighted by molar-refractivity contribution is 0.0515. The Bertz CT molecular complexity index is 1210. The van der Waals surface area contributed by atoms with Gasteiger partial charge in [-0.25, -0.2) is 9.78 Å². The number of rotatable bonds is 6. The summed E-state index contributed by atoms with van der Waals surface area (Å²) in [6.07, 6.45) is 1.63. The Hall–Kier alpha value is -3.45. The average Bonchev–Trinajstić information content (AvgIpc) is 3.39. The van der Waals surface area contributed by atoms with E-state index in [9.17, 15) is 4.79 Å². The number of benzene rings is 2. The molecule has 0 aliphatic rings. The fraction of sp³-hybridized carbons (Fsp3) is 0.174. The van der Waals surface area contributed by atoms with Crippen LogP contribution in [0.3, 0.4) is 0 Å². The molecule has 7 heteroatoms. The topological polar surface area (TPSA) is 61.4 Å². The van der Waals surface area contributed by atoms with Crippen molar-refractivity contribution in [3.8, 4) is 16.9 Å². The minimum absolute atomic E-state index is 0.300. The number of ether oxygens (including phenoxy) is 1. The number of hydrogen-bond acceptors (Lipinski definition) is 5. The van der Waals surface area contributed by atoms with Crippen LogP contribution in [-0.2, 0) is 11.3 Å². The van der Waals surface area contributed by atoms with Crippen molar-refractivity contribution in [2.45, 2.75) is 20.4 Å². The van der Waals surface area contributed by atoms with Crippen molar-refractivity contribution >= 4 is 23.1 Å². The number of thiazole rings is 1. The van der Waals surface area contributed by atoms with Crippen LogP contribution in [-0.4, -0.2) is 26.7 Å². The summed E-state index contributed by atoms with van der Waals surface area (Å²) < 4.78 is 9.08. The Balaban J connectivity index is 1.93. The number of para-hydroxylation sites is 1. The zero-order chi connectivity index (χ0) is 20.9. The van der Waals surface area contributed by atoms with E-state index in [0.717, 1.165) is 21.7 Å². The Morgan fingerprint density at radius 1 is 1.07 bits per heavy atom. The molecule has 0 N–H and O–H groups in total. The summed E-state index contributed by atoms with van der Waals surface area (Å²) in [5, 5.41) is 2.07. The monoisotopic (exact) mass is 418 g/mol. The first-order valence-electron chi connectivity index (χ1n) is 9.81. The normalized spacial score (nSPS) is 11.6. The van der Waals surface area contributed by atoms with Crippen LogP contribution in [0.2, 0.25) is 0 Å². The molecule has 2 aromatic carbocycles. The molecule has 152 valence electrons. The van der Waals surface area contributed by atoms with Gasteiger partial charge in [-0.3, -0.25) is 4.57 Å². The molecule has 0 aliphatic heterocycles. The molecule has 0 unspecified atom stereocenters. The molecule has 0 atom stereocenters. The van der Waals surface area contributed by atoms with E-state index >= 15 is 0 Å². The van der Waals surface area contributed by atoms with Crippen LogP contribution in [0, 0.1) is 0 Å². The Morgan fingerprint density at radius 3 is 2.43 bits per heavy atom. The zero-order valence-electron chi connectivity index (χ0n) is 16.9. The number of aryl methyl sites for hydroxylation is 1. The minimum atomic E-state index is -0.415. The van der Waals surface area contributed by atoms with E-state index in [1.165, 1.54) is 11.3 Å². The van der Waals surface area contributed by atoms with Crippen LogP contribution in [0.1, 0.15) is 24.3 Å². The van der Waals surface area contributed by atoms with Gasteiger partial charge in [-0.1, -0.05) is 48.5 Å². The first-order valence-corrected chi connectivity index (χ1v) is 10.7. The SMILES string of the molecule is CCOC(=O)c1c(N=c2scc(-c3ccccc3)n2-c2ccccc2)ncn1CC. The van der Waals surface area contributed by atoms with Gasteiger partial charge in [0.2, 0.25) is 0 Å². The first-order chi connectivity index (χ1) is 14.7. The van der Waals surface area contributed by atoms with Crippen molar-refractivity contribution in [1.29, 1.82) is 0 Å². The third-order valence-electron chi connectivity index (χ3n) is 4.62. The number of esters is 1. The van der Waals surface area contributed by atoms with Crippen molar-refractivity contribution in [3.05, 3.63) is 82.9 Å². The minimum Gasteiger partial charge on any atom is -0.461 e. The van der Waals surface area contributed by atoms with Gasteiger partial charge in [-0.05, 0) is 31.5 Å². The second-order valence-electron chi connectivity index (χ2n) is 6.48. The fourth-order valence-electron chi connectivity index (χ4n) is 3.22. The van der Waals surface area contributed by atoms with E-state index in [1.807, 2.05) is 55.5 Å². The molecule has 0 fully saturated rings. The van der Waals surface area contributed by atoms with Gasteiger partial charge in [0.25, 0.3) is 0 Å². The summed E-state index contributed by atoms with van der Waals surface area (Å²) in [5.74, 6) is -0.0526. The van der Waals surface area contributed by atoms with Gasteiger partial charge < -0.3 is 9.30 Å². The van der Waals surface area contributed by atoms with E-state index in [1.54, 1.807) is 17.8 Å². The summed E-state index contributed by atoms with van der Waals surface area (Å²) in [7, 11) is 0. The molecule has 0 radical (unpaired) electrons. The van der Waals surface area contributed by atoms with Gasteiger partial charge >= 0.3 is 5.97 Å². The Labute approximate surface area is 178 Å². The van der Waals surface area contributed by atoms with Gasteiger partial charge in [-0.15, -0.1) is 11.3 Å². The number of nitrogens with zero attached hydrogens (tertiary/aromatic N) is 4. The van der Waals surface area contributed by atoms with E-state index in [4.69, 9.17) is 9.73 Å². The molecule has 0 spiro atoms. The maximum Gasteiger partial charge on any atom is 0.358 e. The third kappa shape index (κ3) is 3.84. The third-order valence-corrected chi connectivity index (χ3v) is 5.45. The van der Waals surface area contributed by atoms with Crippen LogP contribution in [0.5, 0.6) is 0 Å². The number of hydrogen-bond donors (Lipinski definition) is 0. The molecule has 0 saturated carbocycles. The van der Waals surface area contributed by atoms with E-state index < -0.39 is 5.97 Å². The van der Waals surface area contributed by atoms with Gasteiger partial charge in [-0.2, -0.15) is 4.99 Å². The van der Waals surface area contributed by atoms with Crippen LogP contribution >= 0.6 is 11.3 Å². The molecule has 4 aromatic rings. The van der Waals surface area contributed by atoms with Gasteiger partial charge in [0.1, 0.15) is 0 Å². The van der Waals surface area contributed by atoms with Crippen molar-refractivity contribution in [2.24, 2.45) is 4.99 Å². The largest absolute Gasteiger partial charge is 0.461 e. The lowest BCUT2D eigenvalue weighted by Gasteiger charge is -2.09. The van der Waals surface area contributed by atoms with E-state index in [0.29, 0.717) is 24.7 Å². The zero-order valence-corrected chi connectivity index (χ0v) is 17.7. The second-order valence-corrected chi connectivity index (χ2v) is 7.31. The predicted octanol–water partition coefficient (Wildman–Crippen LogP) is 4.83. The van der Waals surface area contributed by atoms with Crippen LogP contribution in [0.15, 0.2) is 77.4 Å². The summed E-state index contributed by atoms with van der Waals surface area (Å²) in [6.45, 7) is 4.65. The van der Waals surface area contributed by atoms with Gasteiger partial charge in [0.05, 0.1) is 18.6 Å². The van der Waals surface area contributed by atoms with Crippen molar-refractivity contribution in [2.75, 3.05) is 6.61 Å². The smallest absolute Gasteiger partial charge is 0.358 e. The molecule has 6 nitrogen and oxygen atoms in total. The molecular formula is C23H22N4O2S.